The maximum atomic E-state index is 9.72. The van der Waals surface area contributed by atoms with Crippen molar-refractivity contribution in [1.82, 2.24) is 4.90 Å². The summed E-state index contributed by atoms with van der Waals surface area (Å²) in [5, 5.41) is 19.3. The van der Waals surface area contributed by atoms with E-state index in [0.717, 1.165) is 24.9 Å². The van der Waals surface area contributed by atoms with Crippen molar-refractivity contribution in [2.75, 3.05) is 18.8 Å². The van der Waals surface area contributed by atoms with Crippen molar-refractivity contribution < 1.29 is 10.2 Å². The predicted molar refractivity (Wildman–Crippen MR) is 63.0 cm³/mol. The van der Waals surface area contributed by atoms with Gasteiger partial charge in [-0.3, -0.25) is 4.90 Å². The van der Waals surface area contributed by atoms with Gasteiger partial charge in [-0.15, -0.1) is 0 Å². The fraction of sp³-hybridized carbons (Fsp3) is 0.500. The zero-order valence-corrected chi connectivity index (χ0v) is 9.26. The van der Waals surface area contributed by atoms with Crippen LogP contribution in [0.4, 0.5) is 5.69 Å². The fourth-order valence-electron chi connectivity index (χ4n) is 2.16. The molecule has 16 heavy (non-hydrogen) atoms. The SMILES string of the molecule is Nc1cccc(O)c1CN1CCCC(O)C1. The number of likely N-dealkylation sites (tertiary alicyclic amines) is 1. The van der Waals surface area contributed by atoms with Crippen molar-refractivity contribution in [3.05, 3.63) is 23.8 Å². The highest BCUT2D eigenvalue weighted by Crippen LogP contribution is 2.25. The van der Waals surface area contributed by atoms with Gasteiger partial charge in [0.2, 0.25) is 0 Å². The zero-order chi connectivity index (χ0) is 11.5. The van der Waals surface area contributed by atoms with Crippen LogP contribution in [0.3, 0.4) is 0 Å². The summed E-state index contributed by atoms with van der Waals surface area (Å²) in [6.07, 6.45) is 1.61. The van der Waals surface area contributed by atoms with Gasteiger partial charge >= 0.3 is 0 Å². The molecule has 0 saturated carbocycles. The lowest BCUT2D eigenvalue weighted by Gasteiger charge is -2.30. The molecule has 1 unspecified atom stereocenters. The quantitative estimate of drug-likeness (QED) is 0.651. The smallest absolute Gasteiger partial charge is 0.122 e. The third-order valence-electron chi connectivity index (χ3n) is 3.05. The molecule has 1 heterocycles. The fourth-order valence-corrected chi connectivity index (χ4v) is 2.16. The molecule has 1 saturated heterocycles. The first-order valence-electron chi connectivity index (χ1n) is 5.63. The first-order chi connectivity index (χ1) is 7.66. The Hall–Kier alpha value is -1.26. The van der Waals surface area contributed by atoms with Crippen molar-refractivity contribution >= 4 is 5.69 Å². The van der Waals surface area contributed by atoms with Gasteiger partial charge in [0.1, 0.15) is 5.75 Å². The number of nitrogen functional groups attached to an aromatic ring is 1. The van der Waals surface area contributed by atoms with Crippen LogP contribution in [0.15, 0.2) is 18.2 Å². The topological polar surface area (TPSA) is 69.7 Å². The Balaban J connectivity index is 2.08. The second kappa shape index (κ2) is 4.72. The summed E-state index contributed by atoms with van der Waals surface area (Å²) in [5.74, 6) is 0.236. The number of phenols is 1. The number of aromatic hydroxyl groups is 1. The number of rotatable bonds is 2. The number of piperidine rings is 1. The van der Waals surface area contributed by atoms with E-state index in [9.17, 15) is 10.2 Å². The van der Waals surface area contributed by atoms with Crippen molar-refractivity contribution in [1.29, 1.82) is 0 Å². The second-order valence-electron chi connectivity index (χ2n) is 4.38. The molecule has 1 aromatic rings. The lowest BCUT2D eigenvalue weighted by Crippen LogP contribution is -2.37. The highest BCUT2D eigenvalue weighted by molar-refractivity contribution is 5.53. The number of benzene rings is 1. The molecule has 0 amide bonds. The van der Waals surface area contributed by atoms with Crippen LogP contribution in [-0.4, -0.2) is 34.3 Å². The highest BCUT2D eigenvalue weighted by Gasteiger charge is 2.19. The van der Waals surface area contributed by atoms with Crippen LogP contribution in [0.25, 0.3) is 0 Å². The number of β-amino-alcohol motifs (C(OH)–C–C–N with tert-alkyl or cyclic N) is 1. The molecule has 0 bridgehead atoms. The van der Waals surface area contributed by atoms with E-state index < -0.39 is 0 Å². The van der Waals surface area contributed by atoms with E-state index in [2.05, 4.69) is 4.90 Å². The van der Waals surface area contributed by atoms with Crippen molar-refractivity contribution in [2.45, 2.75) is 25.5 Å². The molecule has 1 aliphatic heterocycles. The third kappa shape index (κ3) is 2.46. The second-order valence-corrected chi connectivity index (χ2v) is 4.38. The Kier molecular flexibility index (Phi) is 3.31. The number of phenolic OH excluding ortho intramolecular Hbond substituents is 1. The maximum Gasteiger partial charge on any atom is 0.122 e. The minimum atomic E-state index is -0.249. The predicted octanol–water partition coefficient (Wildman–Crippen LogP) is 0.931. The largest absolute Gasteiger partial charge is 0.508 e. The molecule has 4 heteroatoms. The summed E-state index contributed by atoms with van der Waals surface area (Å²) < 4.78 is 0. The molecule has 1 fully saturated rings. The molecule has 0 radical (unpaired) electrons. The molecular formula is C12H18N2O2. The average molecular weight is 222 g/mol. The van der Waals surface area contributed by atoms with Crippen LogP contribution in [-0.2, 0) is 6.54 Å². The Morgan fingerprint density at radius 1 is 1.44 bits per heavy atom. The van der Waals surface area contributed by atoms with Gasteiger partial charge in [-0.2, -0.15) is 0 Å². The van der Waals surface area contributed by atoms with Gasteiger partial charge in [0, 0.05) is 24.3 Å². The Morgan fingerprint density at radius 3 is 2.94 bits per heavy atom. The molecule has 1 aliphatic rings. The number of anilines is 1. The van der Waals surface area contributed by atoms with E-state index >= 15 is 0 Å². The number of hydrogen-bond acceptors (Lipinski definition) is 4. The first kappa shape index (κ1) is 11.2. The summed E-state index contributed by atoms with van der Waals surface area (Å²) >= 11 is 0. The molecule has 88 valence electrons. The molecule has 0 aromatic heterocycles. The van der Waals surface area contributed by atoms with Crippen LogP contribution in [0.5, 0.6) is 5.75 Å². The number of nitrogens with zero attached hydrogens (tertiary/aromatic N) is 1. The Morgan fingerprint density at radius 2 is 2.25 bits per heavy atom. The van der Waals surface area contributed by atoms with Crippen LogP contribution in [0.1, 0.15) is 18.4 Å². The molecule has 4 N–H and O–H groups in total. The minimum absolute atomic E-state index is 0.236. The lowest BCUT2D eigenvalue weighted by molar-refractivity contribution is 0.0665. The highest BCUT2D eigenvalue weighted by atomic mass is 16.3. The Bertz CT molecular complexity index is 348. The zero-order valence-electron chi connectivity index (χ0n) is 9.26. The number of aliphatic hydroxyl groups excluding tert-OH is 1. The van der Waals surface area contributed by atoms with Gasteiger partial charge in [0.15, 0.2) is 0 Å². The van der Waals surface area contributed by atoms with Gasteiger partial charge in [0.05, 0.1) is 6.10 Å². The standard InChI is InChI=1S/C12H18N2O2/c13-11-4-1-5-12(16)10(11)8-14-6-2-3-9(15)7-14/h1,4-5,9,15-16H,2-3,6-8,13H2. The summed E-state index contributed by atoms with van der Waals surface area (Å²) in [4.78, 5) is 2.12. The van der Waals surface area contributed by atoms with E-state index in [1.165, 1.54) is 0 Å². The van der Waals surface area contributed by atoms with Crippen LogP contribution >= 0.6 is 0 Å². The summed E-state index contributed by atoms with van der Waals surface area (Å²) in [6.45, 7) is 2.22. The molecule has 1 atom stereocenters. The number of aliphatic hydroxyl groups is 1. The summed E-state index contributed by atoms with van der Waals surface area (Å²) in [7, 11) is 0. The van der Waals surface area contributed by atoms with Crippen LogP contribution < -0.4 is 5.73 Å². The summed E-state index contributed by atoms with van der Waals surface area (Å²) in [5.41, 5.74) is 7.20. The normalized spacial score (nSPS) is 22.2. The first-order valence-corrected chi connectivity index (χ1v) is 5.63. The van der Waals surface area contributed by atoms with Crippen molar-refractivity contribution in [3.63, 3.8) is 0 Å². The van der Waals surface area contributed by atoms with E-state index in [0.29, 0.717) is 18.8 Å². The van der Waals surface area contributed by atoms with Gasteiger partial charge in [-0.05, 0) is 31.5 Å². The lowest BCUT2D eigenvalue weighted by atomic mass is 10.1. The number of hydrogen-bond donors (Lipinski definition) is 3. The van der Waals surface area contributed by atoms with E-state index in [1.54, 1.807) is 18.2 Å². The summed E-state index contributed by atoms with van der Waals surface area (Å²) in [6, 6.07) is 5.17. The average Bonchev–Trinajstić information content (AvgIpc) is 2.24. The van der Waals surface area contributed by atoms with E-state index in [1.807, 2.05) is 0 Å². The van der Waals surface area contributed by atoms with Crippen LogP contribution in [0.2, 0.25) is 0 Å². The third-order valence-corrected chi connectivity index (χ3v) is 3.05. The maximum absolute atomic E-state index is 9.72. The van der Waals surface area contributed by atoms with Crippen molar-refractivity contribution in [3.8, 4) is 5.75 Å². The minimum Gasteiger partial charge on any atom is -0.508 e. The molecule has 1 aromatic carbocycles. The molecule has 0 aliphatic carbocycles. The van der Waals surface area contributed by atoms with Gasteiger partial charge in [-0.25, -0.2) is 0 Å². The van der Waals surface area contributed by atoms with Gasteiger partial charge < -0.3 is 15.9 Å². The van der Waals surface area contributed by atoms with E-state index in [-0.39, 0.29) is 11.9 Å². The molecule has 4 nitrogen and oxygen atoms in total. The van der Waals surface area contributed by atoms with Crippen molar-refractivity contribution in [2.24, 2.45) is 0 Å². The Labute approximate surface area is 95.3 Å². The molecule has 2 rings (SSSR count). The number of nitrogens with two attached hydrogens (primary N) is 1. The van der Waals surface area contributed by atoms with Gasteiger partial charge in [-0.1, -0.05) is 6.07 Å². The monoisotopic (exact) mass is 222 g/mol. The van der Waals surface area contributed by atoms with E-state index in [4.69, 9.17) is 5.73 Å². The van der Waals surface area contributed by atoms with Crippen LogP contribution in [0, 0.1) is 0 Å². The molecular weight excluding hydrogens is 204 g/mol. The molecule has 0 spiro atoms. The van der Waals surface area contributed by atoms with Gasteiger partial charge in [0.25, 0.3) is 0 Å².